The van der Waals surface area contributed by atoms with Crippen LogP contribution in [0.15, 0.2) is 42.5 Å². The highest BCUT2D eigenvalue weighted by molar-refractivity contribution is 5.92. The van der Waals surface area contributed by atoms with Gasteiger partial charge in [0, 0.05) is 13.1 Å². The molecule has 102 valence electrons. The van der Waals surface area contributed by atoms with Gasteiger partial charge in [-0.05, 0) is 17.7 Å². The van der Waals surface area contributed by atoms with Crippen LogP contribution in [0.25, 0.3) is 0 Å². The quantitative estimate of drug-likeness (QED) is 0.863. The Bertz CT molecular complexity index is 614. The molecular formula is C15H15N3O2. The minimum atomic E-state index is -0.232. The molecule has 5 heteroatoms. The SMILES string of the molecule is N#Cc1ccc(C(=O)N(CCO)Cc2ccccc2)[nH]1. The summed E-state index contributed by atoms with van der Waals surface area (Å²) in [5.74, 6) is -0.232. The fourth-order valence-electron chi connectivity index (χ4n) is 1.93. The summed E-state index contributed by atoms with van der Waals surface area (Å²) in [6.45, 7) is 0.556. The highest BCUT2D eigenvalue weighted by Crippen LogP contribution is 2.10. The molecule has 0 unspecified atom stereocenters. The molecule has 5 nitrogen and oxygen atoms in total. The molecule has 1 heterocycles. The van der Waals surface area contributed by atoms with Gasteiger partial charge in [-0.15, -0.1) is 0 Å². The number of nitrogens with zero attached hydrogens (tertiary/aromatic N) is 2. The van der Waals surface area contributed by atoms with Crippen molar-refractivity contribution in [3.05, 3.63) is 59.4 Å². The Morgan fingerprint density at radius 3 is 2.60 bits per heavy atom. The smallest absolute Gasteiger partial charge is 0.270 e. The van der Waals surface area contributed by atoms with E-state index < -0.39 is 0 Å². The standard InChI is InChI=1S/C15H15N3O2/c16-10-13-6-7-14(17-13)15(20)18(8-9-19)11-12-4-2-1-3-5-12/h1-7,17,19H,8-9,11H2. The minimum absolute atomic E-state index is 0.107. The number of rotatable bonds is 5. The van der Waals surface area contributed by atoms with Crippen LogP contribution in [-0.2, 0) is 6.54 Å². The Labute approximate surface area is 117 Å². The first kappa shape index (κ1) is 13.8. The van der Waals surface area contributed by atoms with Gasteiger partial charge in [0.25, 0.3) is 5.91 Å². The number of amides is 1. The molecule has 1 aromatic heterocycles. The average Bonchev–Trinajstić information content (AvgIpc) is 2.96. The Balaban J connectivity index is 2.15. The molecule has 0 radical (unpaired) electrons. The number of hydrogen-bond donors (Lipinski definition) is 2. The number of nitriles is 1. The second-order valence-corrected chi connectivity index (χ2v) is 4.33. The summed E-state index contributed by atoms with van der Waals surface area (Å²) in [5.41, 5.74) is 1.68. The van der Waals surface area contributed by atoms with Crippen LogP contribution in [0.2, 0.25) is 0 Å². The van der Waals surface area contributed by atoms with Crippen molar-refractivity contribution in [3.8, 4) is 6.07 Å². The van der Waals surface area contributed by atoms with Gasteiger partial charge in [0.15, 0.2) is 0 Å². The van der Waals surface area contributed by atoms with E-state index in [1.54, 1.807) is 17.0 Å². The molecule has 0 spiro atoms. The zero-order chi connectivity index (χ0) is 14.4. The van der Waals surface area contributed by atoms with Gasteiger partial charge in [-0.25, -0.2) is 0 Å². The number of benzene rings is 1. The predicted octanol–water partition coefficient (Wildman–Crippen LogP) is 1.52. The van der Waals surface area contributed by atoms with Gasteiger partial charge < -0.3 is 15.0 Å². The fourth-order valence-corrected chi connectivity index (χ4v) is 1.93. The van der Waals surface area contributed by atoms with Crippen LogP contribution in [0.3, 0.4) is 0 Å². The van der Waals surface area contributed by atoms with E-state index in [0.29, 0.717) is 17.9 Å². The fraction of sp³-hybridized carbons (Fsp3) is 0.200. The predicted molar refractivity (Wildman–Crippen MR) is 73.8 cm³/mol. The number of H-pyrrole nitrogens is 1. The van der Waals surface area contributed by atoms with Crippen LogP contribution in [0.5, 0.6) is 0 Å². The van der Waals surface area contributed by atoms with E-state index >= 15 is 0 Å². The van der Waals surface area contributed by atoms with Gasteiger partial charge in [-0.1, -0.05) is 30.3 Å². The summed E-state index contributed by atoms with van der Waals surface area (Å²) in [7, 11) is 0. The van der Waals surface area contributed by atoms with Crippen molar-refractivity contribution in [3.63, 3.8) is 0 Å². The van der Waals surface area contributed by atoms with E-state index in [1.807, 2.05) is 36.4 Å². The lowest BCUT2D eigenvalue weighted by Crippen LogP contribution is -2.33. The zero-order valence-corrected chi connectivity index (χ0v) is 10.9. The molecule has 2 N–H and O–H groups in total. The number of aromatic nitrogens is 1. The second kappa shape index (κ2) is 6.55. The lowest BCUT2D eigenvalue weighted by molar-refractivity contribution is 0.0702. The summed E-state index contributed by atoms with van der Waals surface area (Å²) >= 11 is 0. The van der Waals surface area contributed by atoms with Crippen LogP contribution < -0.4 is 0 Å². The molecule has 1 amide bonds. The van der Waals surface area contributed by atoms with E-state index in [4.69, 9.17) is 10.4 Å². The maximum absolute atomic E-state index is 12.3. The van der Waals surface area contributed by atoms with Crippen molar-refractivity contribution in [1.82, 2.24) is 9.88 Å². The third-order valence-corrected chi connectivity index (χ3v) is 2.91. The normalized spacial score (nSPS) is 10.0. The van der Waals surface area contributed by atoms with Gasteiger partial charge in [0.2, 0.25) is 0 Å². The largest absolute Gasteiger partial charge is 0.395 e. The number of aliphatic hydroxyl groups excluding tert-OH is 1. The van der Waals surface area contributed by atoms with E-state index in [9.17, 15) is 4.79 Å². The maximum atomic E-state index is 12.3. The highest BCUT2D eigenvalue weighted by Gasteiger charge is 2.17. The molecule has 0 aliphatic carbocycles. The molecule has 20 heavy (non-hydrogen) atoms. The van der Waals surface area contributed by atoms with Crippen LogP contribution in [0, 0.1) is 11.3 Å². The number of carbonyl (C=O) groups is 1. The van der Waals surface area contributed by atoms with Crippen LogP contribution in [0.1, 0.15) is 21.7 Å². The van der Waals surface area contributed by atoms with Crippen molar-refractivity contribution in [1.29, 1.82) is 5.26 Å². The van der Waals surface area contributed by atoms with Crippen LogP contribution >= 0.6 is 0 Å². The Kier molecular flexibility index (Phi) is 4.53. The van der Waals surface area contributed by atoms with E-state index in [-0.39, 0.29) is 19.1 Å². The molecule has 0 aliphatic rings. The lowest BCUT2D eigenvalue weighted by atomic mass is 10.2. The second-order valence-electron chi connectivity index (χ2n) is 4.33. The average molecular weight is 269 g/mol. The monoisotopic (exact) mass is 269 g/mol. The first-order chi connectivity index (χ1) is 9.74. The Morgan fingerprint density at radius 2 is 2.00 bits per heavy atom. The molecule has 0 bridgehead atoms. The van der Waals surface area contributed by atoms with Crippen molar-refractivity contribution >= 4 is 5.91 Å². The Hall–Kier alpha value is -2.58. The molecule has 0 saturated carbocycles. The highest BCUT2D eigenvalue weighted by atomic mass is 16.3. The molecule has 2 rings (SSSR count). The van der Waals surface area contributed by atoms with Crippen LogP contribution in [-0.4, -0.2) is 34.0 Å². The van der Waals surface area contributed by atoms with E-state index in [0.717, 1.165) is 5.56 Å². The van der Waals surface area contributed by atoms with Crippen molar-refractivity contribution in [2.45, 2.75) is 6.54 Å². The van der Waals surface area contributed by atoms with E-state index in [1.165, 1.54) is 0 Å². The van der Waals surface area contributed by atoms with Crippen molar-refractivity contribution in [2.24, 2.45) is 0 Å². The molecule has 2 aromatic rings. The molecule has 0 saturated heterocycles. The van der Waals surface area contributed by atoms with Gasteiger partial charge >= 0.3 is 0 Å². The van der Waals surface area contributed by atoms with Gasteiger partial charge in [0.1, 0.15) is 17.5 Å². The third-order valence-electron chi connectivity index (χ3n) is 2.91. The number of aliphatic hydroxyl groups is 1. The maximum Gasteiger partial charge on any atom is 0.270 e. The number of carbonyl (C=O) groups excluding carboxylic acids is 1. The first-order valence-corrected chi connectivity index (χ1v) is 6.27. The summed E-state index contributed by atoms with van der Waals surface area (Å²) in [4.78, 5) is 16.6. The summed E-state index contributed by atoms with van der Waals surface area (Å²) in [6, 6.07) is 14.6. The number of aromatic amines is 1. The van der Waals surface area contributed by atoms with Crippen molar-refractivity contribution in [2.75, 3.05) is 13.2 Å². The number of hydrogen-bond acceptors (Lipinski definition) is 3. The van der Waals surface area contributed by atoms with E-state index in [2.05, 4.69) is 4.98 Å². The molecular weight excluding hydrogens is 254 g/mol. The molecule has 0 fully saturated rings. The number of nitrogens with one attached hydrogen (secondary N) is 1. The summed E-state index contributed by atoms with van der Waals surface area (Å²) in [6.07, 6.45) is 0. The van der Waals surface area contributed by atoms with Crippen LogP contribution in [0.4, 0.5) is 0 Å². The molecule has 0 atom stereocenters. The topological polar surface area (TPSA) is 80.1 Å². The Morgan fingerprint density at radius 1 is 1.25 bits per heavy atom. The summed E-state index contributed by atoms with van der Waals surface area (Å²) < 4.78 is 0. The van der Waals surface area contributed by atoms with Gasteiger partial charge in [-0.3, -0.25) is 4.79 Å². The molecule has 0 aliphatic heterocycles. The third kappa shape index (κ3) is 3.25. The first-order valence-electron chi connectivity index (χ1n) is 6.27. The van der Waals surface area contributed by atoms with Gasteiger partial charge in [0.05, 0.1) is 6.61 Å². The van der Waals surface area contributed by atoms with Gasteiger partial charge in [-0.2, -0.15) is 5.26 Å². The lowest BCUT2D eigenvalue weighted by Gasteiger charge is -2.21. The van der Waals surface area contributed by atoms with Crippen molar-refractivity contribution < 1.29 is 9.90 Å². The summed E-state index contributed by atoms with van der Waals surface area (Å²) in [5, 5.41) is 17.9. The molecule has 1 aromatic carbocycles. The zero-order valence-electron chi connectivity index (χ0n) is 10.9. The minimum Gasteiger partial charge on any atom is -0.395 e.